The third-order valence-electron chi connectivity index (χ3n) is 4.40. The van der Waals surface area contributed by atoms with Crippen LogP contribution in [0, 0.1) is 23.2 Å². The molecule has 0 amide bonds. The summed E-state index contributed by atoms with van der Waals surface area (Å²) in [5.74, 6) is 3.12. The normalized spacial score (nSPS) is 22.5. The van der Waals surface area contributed by atoms with Crippen molar-refractivity contribution in [3.8, 4) is 0 Å². The molecule has 0 radical (unpaired) electrons. The Labute approximate surface area is 113 Å². The van der Waals surface area contributed by atoms with Crippen molar-refractivity contribution in [3.05, 3.63) is 0 Å². The van der Waals surface area contributed by atoms with E-state index in [0.29, 0.717) is 11.5 Å². The fourth-order valence-corrected chi connectivity index (χ4v) is 3.21. The molecule has 2 rings (SSSR count). The van der Waals surface area contributed by atoms with E-state index in [1.165, 1.54) is 32.2 Å². The Morgan fingerprint density at radius 1 is 1.11 bits per heavy atom. The monoisotopic (exact) mass is 252 g/mol. The first-order valence-electron chi connectivity index (χ1n) is 7.92. The van der Waals surface area contributed by atoms with Crippen LogP contribution < -0.4 is 11.1 Å². The smallest absolute Gasteiger partial charge is 0.00558 e. The van der Waals surface area contributed by atoms with Crippen molar-refractivity contribution in [1.29, 1.82) is 0 Å². The van der Waals surface area contributed by atoms with Gasteiger partial charge >= 0.3 is 0 Å². The molecule has 3 N–H and O–H groups in total. The van der Waals surface area contributed by atoms with Crippen LogP contribution in [0.2, 0.25) is 0 Å². The first kappa shape index (κ1) is 14.3. The summed E-state index contributed by atoms with van der Waals surface area (Å²) in [4.78, 5) is 0. The Kier molecular flexibility index (Phi) is 4.71. The van der Waals surface area contributed by atoms with Crippen LogP contribution in [0.15, 0.2) is 0 Å². The Bertz CT molecular complexity index is 236. The Hall–Kier alpha value is -0.0800. The molecule has 0 heterocycles. The van der Waals surface area contributed by atoms with Crippen molar-refractivity contribution < 1.29 is 0 Å². The van der Waals surface area contributed by atoms with Gasteiger partial charge in [-0.25, -0.2) is 0 Å². The molecule has 1 atom stereocenters. The topological polar surface area (TPSA) is 38.0 Å². The number of hydrogen-bond acceptors (Lipinski definition) is 2. The predicted octanol–water partition coefficient (Wildman–Crippen LogP) is 3.17. The van der Waals surface area contributed by atoms with Crippen LogP contribution in [0.3, 0.4) is 0 Å². The zero-order valence-corrected chi connectivity index (χ0v) is 12.5. The number of hydrogen-bond donors (Lipinski definition) is 2. The van der Waals surface area contributed by atoms with Gasteiger partial charge in [-0.05, 0) is 74.8 Å². The van der Waals surface area contributed by atoms with E-state index in [-0.39, 0.29) is 0 Å². The van der Waals surface area contributed by atoms with Gasteiger partial charge in [-0.3, -0.25) is 0 Å². The molecule has 0 aromatic carbocycles. The molecule has 2 fully saturated rings. The van der Waals surface area contributed by atoms with Crippen LogP contribution in [0.25, 0.3) is 0 Å². The number of nitrogens with two attached hydrogens (primary N) is 1. The molecule has 0 aromatic heterocycles. The average molecular weight is 252 g/mol. The second kappa shape index (κ2) is 5.92. The van der Waals surface area contributed by atoms with Gasteiger partial charge in [-0.15, -0.1) is 0 Å². The summed E-state index contributed by atoms with van der Waals surface area (Å²) < 4.78 is 0. The molecule has 2 saturated carbocycles. The Morgan fingerprint density at radius 3 is 2.11 bits per heavy atom. The van der Waals surface area contributed by atoms with Crippen LogP contribution in [-0.4, -0.2) is 19.1 Å². The lowest BCUT2D eigenvalue weighted by Crippen LogP contribution is -2.33. The molecule has 0 aliphatic heterocycles. The summed E-state index contributed by atoms with van der Waals surface area (Å²) in [5, 5.41) is 3.66. The minimum absolute atomic E-state index is 0.359. The van der Waals surface area contributed by atoms with Crippen LogP contribution in [0.5, 0.6) is 0 Å². The molecule has 106 valence electrons. The van der Waals surface area contributed by atoms with Gasteiger partial charge in [0, 0.05) is 6.04 Å². The van der Waals surface area contributed by atoms with Gasteiger partial charge in [-0.1, -0.05) is 20.8 Å². The lowest BCUT2D eigenvalue weighted by atomic mass is 9.87. The molecule has 1 unspecified atom stereocenters. The molecular formula is C16H32N2. The van der Waals surface area contributed by atoms with E-state index in [4.69, 9.17) is 5.73 Å². The third kappa shape index (κ3) is 5.27. The zero-order chi connectivity index (χ0) is 13.2. The molecule has 0 spiro atoms. The molecule has 18 heavy (non-hydrogen) atoms. The number of rotatable bonds is 8. The second-order valence-electron chi connectivity index (χ2n) is 7.86. The van der Waals surface area contributed by atoms with E-state index in [2.05, 4.69) is 26.1 Å². The van der Waals surface area contributed by atoms with Crippen molar-refractivity contribution in [3.63, 3.8) is 0 Å². The lowest BCUT2D eigenvalue weighted by molar-refractivity contribution is 0.323. The average Bonchev–Trinajstić information content (AvgIpc) is 3.10. The highest BCUT2D eigenvalue weighted by molar-refractivity contribution is 4.92. The molecule has 2 aliphatic rings. The number of nitrogens with one attached hydrogen (secondary N) is 1. The standard InChI is InChI=1S/C16H32N2/c1-16(2,3)10-14(17)8-9-18-11-15(12-4-5-12)13-6-7-13/h12-15,18H,4-11,17H2,1-3H3. The Balaban J connectivity index is 1.54. The summed E-state index contributed by atoms with van der Waals surface area (Å²) >= 11 is 0. The SMILES string of the molecule is CC(C)(C)CC(N)CCNCC(C1CC1)C1CC1. The highest BCUT2D eigenvalue weighted by Crippen LogP contribution is 2.48. The van der Waals surface area contributed by atoms with Gasteiger partial charge in [0.2, 0.25) is 0 Å². The quantitative estimate of drug-likeness (QED) is 0.651. The van der Waals surface area contributed by atoms with E-state index in [1.807, 2.05) is 0 Å². The van der Waals surface area contributed by atoms with Crippen LogP contribution in [0.4, 0.5) is 0 Å². The van der Waals surface area contributed by atoms with Crippen LogP contribution in [0.1, 0.15) is 59.3 Å². The summed E-state index contributed by atoms with van der Waals surface area (Å²) in [6.07, 6.45) is 8.22. The molecule has 0 aromatic rings. The van der Waals surface area contributed by atoms with Gasteiger partial charge < -0.3 is 11.1 Å². The van der Waals surface area contributed by atoms with Crippen molar-refractivity contribution >= 4 is 0 Å². The summed E-state index contributed by atoms with van der Waals surface area (Å²) in [6.45, 7) is 9.17. The predicted molar refractivity (Wildman–Crippen MR) is 78.5 cm³/mol. The second-order valence-corrected chi connectivity index (χ2v) is 7.86. The van der Waals surface area contributed by atoms with Crippen molar-refractivity contribution in [2.75, 3.05) is 13.1 Å². The van der Waals surface area contributed by atoms with E-state index in [1.54, 1.807) is 0 Å². The van der Waals surface area contributed by atoms with Crippen molar-refractivity contribution in [1.82, 2.24) is 5.32 Å². The molecule has 2 heteroatoms. The van der Waals surface area contributed by atoms with Gasteiger partial charge in [0.1, 0.15) is 0 Å². The van der Waals surface area contributed by atoms with Crippen LogP contribution in [-0.2, 0) is 0 Å². The highest BCUT2D eigenvalue weighted by Gasteiger charge is 2.40. The summed E-state index contributed by atoms with van der Waals surface area (Å²) in [7, 11) is 0. The maximum Gasteiger partial charge on any atom is 0.00558 e. The van der Waals surface area contributed by atoms with Gasteiger partial charge in [0.25, 0.3) is 0 Å². The van der Waals surface area contributed by atoms with E-state index in [9.17, 15) is 0 Å². The van der Waals surface area contributed by atoms with Crippen molar-refractivity contribution in [2.24, 2.45) is 28.9 Å². The van der Waals surface area contributed by atoms with E-state index in [0.717, 1.165) is 37.1 Å². The largest absolute Gasteiger partial charge is 0.328 e. The molecule has 2 nitrogen and oxygen atoms in total. The molecule has 0 saturated heterocycles. The molecule has 0 bridgehead atoms. The van der Waals surface area contributed by atoms with Gasteiger partial charge in [0.05, 0.1) is 0 Å². The fourth-order valence-electron chi connectivity index (χ4n) is 3.21. The minimum atomic E-state index is 0.359. The maximum atomic E-state index is 6.18. The molecule has 2 aliphatic carbocycles. The van der Waals surface area contributed by atoms with Gasteiger partial charge in [-0.2, -0.15) is 0 Å². The van der Waals surface area contributed by atoms with Crippen molar-refractivity contribution in [2.45, 2.75) is 65.3 Å². The first-order valence-corrected chi connectivity index (χ1v) is 7.92. The van der Waals surface area contributed by atoms with E-state index >= 15 is 0 Å². The lowest BCUT2D eigenvalue weighted by Gasteiger charge is -2.23. The zero-order valence-electron chi connectivity index (χ0n) is 12.5. The first-order chi connectivity index (χ1) is 8.46. The van der Waals surface area contributed by atoms with E-state index < -0.39 is 0 Å². The summed E-state index contributed by atoms with van der Waals surface area (Å²) in [6, 6.07) is 0.359. The summed E-state index contributed by atoms with van der Waals surface area (Å²) in [5.41, 5.74) is 6.55. The Morgan fingerprint density at radius 2 is 1.67 bits per heavy atom. The third-order valence-corrected chi connectivity index (χ3v) is 4.40. The highest BCUT2D eigenvalue weighted by atomic mass is 14.9. The maximum absolute atomic E-state index is 6.18. The van der Waals surface area contributed by atoms with Gasteiger partial charge in [0.15, 0.2) is 0 Å². The van der Waals surface area contributed by atoms with Crippen LogP contribution >= 0.6 is 0 Å². The molecular weight excluding hydrogens is 220 g/mol. The fraction of sp³-hybridized carbons (Fsp3) is 1.00. The minimum Gasteiger partial charge on any atom is -0.328 e.